The van der Waals surface area contributed by atoms with Crippen molar-refractivity contribution in [3.63, 3.8) is 0 Å². The summed E-state index contributed by atoms with van der Waals surface area (Å²) >= 11 is 17.8. The number of halogens is 5. The fourth-order valence-electron chi connectivity index (χ4n) is 9.86. The highest BCUT2D eigenvalue weighted by Gasteiger charge is 2.26. The van der Waals surface area contributed by atoms with Crippen LogP contribution in [-0.4, -0.2) is 49.8 Å². The predicted molar refractivity (Wildman–Crippen MR) is 400 cm³/mol. The highest BCUT2D eigenvalue weighted by atomic mass is 35.5. The fourth-order valence-corrected chi connectivity index (χ4v) is 10.6. The van der Waals surface area contributed by atoms with E-state index in [-0.39, 0.29) is 63.0 Å². The second kappa shape index (κ2) is 39.0. The average molecular weight is 1330 g/mol. The lowest BCUT2D eigenvalue weighted by Crippen LogP contribution is -2.37. The van der Waals surface area contributed by atoms with E-state index in [1.54, 1.807) is 19.1 Å². The lowest BCUT2D eigenvalue weighted by Gasteiger charge is -2.26. The first-order chi connectivity index (χ1) is 41.9. The topological polar surface area (TPSA) is 97.1 Å². The zero-order chi connectivity index (χ0) is 70.8. The van der Waals surface area contributed by atoms with Gasteiger partial charge in [-0.05, 0) is 300 Å². The van der Waals surface area contributed by atoms with E-state index < -0.39 is 0 Å². The molecule has 0 bridgehead atoms. The summed E-state index contributed by atoms with van der Waals surface area (Å²) in [6, 6.07) is 42.9. The number of hydrogen-bond acceptors (Lipinski definition) is 8. The van der Waals surface area contributed by atoms with Gasteiger partial charge in [0.1, 0.15) is 11.6 Å². The van der Waals surface area contributed by atoms with E-state index in [0.717, 1.165) is 27.8 Å². The Bertz CT molecular complexity index is 2820. The molecule has 0 spiro atoms. The van der Waals surface area contributed by atoms with Crippen LogP contribution in [0.2, 0.25) is 15.1 Å². The lowest BCUT2D eigenvalue weighted by molar-refractivity contribution is 0.377. The molecule has 0 radical (unpaired) electrons. The normalized spacial score (nSPS) is 14.7. The van der Waals surface area contributed by atoms with Gasteiger partial charge in [-0.1, -0.05) is 108 Å². The molecule has 92 heavy (non-hydrogen) atoms. The van der Waals surface area contributed by atoms with Crippen molar-refractivity contribution in [1.29, 1.82) is 0 Å². The summed E-state index contributed by atoms with van der Waals surface area (Å²) in [6.45, 7) is 59.8. The van der Waals surface area contributed by atoms with Crippen molar-refractivity contribution in [2.24, 2.45) is 0 Å². The van der Waals surface area contributed by atoms with Crippen LogP contribution in [0, 0.1) is 18.6 Å². The van der Waals surface area contributed by atoms with Gasteiger partial charge in [-0.2, -0.15) is 0 Å². The van der Waals surface area contributed by atoms with E-state index in [4.69, 9.17) is 34.8 Å². The molecule has 5 aromatic carbocycles. The van der Waals surface area contributed by atoms with Gasteiger partial charge in [0.2, 0.25) is 0 Å². The molecule has 1 aliphatic carbocycles. The summed E-state index contributed by atoms with van der Waals surface area (Å²) in [5.41, 5.74) is 8.77. The molecule has 7 rings (SSSR count). The van der Waals surface area contributed by atoms with Crippen LogP contribution in [0.4, 0.5) is 8.78 Å². The van der Waals surface area contributed by atoms with Gasteiger partial charge in [0, 0.05) is 109 Å². The van der Waals surface area contributed by atoms with E-state index >= 15 is 0 Å². The molecule has 7 N–H and O–H groups in total. The number of benzene rings is 5. The smallest absolute Gasteiger partial charge is 0.126 e. The minimum Gasteiger partial charge on any atom is -0.309 e. The van der Waals surface area contributed by atoms with Crippen LogP contribution in [0.15, 0.2) is 140 Å². The standard InChI is InChI=1S/C13H20FN.C12H17Cl2N.C12H18ClN.C12H18FN.C12H19N.C11H18N2.C7H15N/c1-9-6-7-11(8-12(9)14)10(2)15-13(3,4)5;1-8(15-12(2,3)4)10-6-5-9(13)7-11(10)14;2*1-9(14-12(2,3)4)10-5-7-11(13)8-6-10;1-10(13-12(2,3)4)11-8-6-5-7-9-11;1-9(13-11(2,3)4)10-5-7-12-8-6-10;1-7(2,3)8-6-4-5-6/h6-8,10,15H,1-5H3;5-8,15H,1-4H3;2*5-9,14H,1-4H3;5-10,13H,1-4H3;5-9,13H,1-4H3;6,8H,4-5H2,1-3H3. The van der Waals surface area contributed by atoms with Gasteiger partial charge in [0.15, 0.2) is 0 Å². The van der Waals surface area contributed by atoms with Gasteiger partial charge in [-0.25, -0.2) is 8.78 Å². The van der Waals surface area contributed by atoms with Crippen LogP contribution in [0.25, 0.3) is 0 Å². The first kappa shape index (κ1) is 85.7. The number of rotatable bonds is 13. The van der Waals surface area contributed by atoms with E-state index in [9.17, 15) is 8.78 Å². The molecule has 0 saturated heterocycles. The predicted octanol–water partition coefficient (Wildman–Crippen LogP) is 22.3. The Morgan fingerprint density at radius 2 is 0.696 bits per heavy atom. The average Bonchev–Trinajstić information content (AvgIpc) is 2.73. The van der Waals surface area contributed by atoms with Gasteiger partial charge in [0.25, 0.3) is 0 Å². The number of aryl methyl sites for hydroxylation is 1. The van der Waals surface area contributed by atoms with E-state index in [1.807, 2.05) is 79.1 Å². The fraction of sp³-hybridized carbons (Fsp3) is 0.557. The van der Waals surface area contributed by atoms with Crippen molar-refractivity contribution in [1.82, 2.24) is 42.2 Å². The number of aromatic nitrogens is 1. The lowest BCUT2D eigenvalue weighted by atomic mass is 10.0. The quantitative estimate of drug-likeness (QED) is 0.0615. The molecule has 1 fully saturated rings. The van der Waals surface area contributed by atoms with Gasteiger partial charge >= 0.3 is 0 Å². The number of hydrogen-bond donors (Lipinski definition) is 7. The molecular weight excluding hydrogens is 1210 g/mol. The summed E-state index contributed by atoms with van der Waals surface area (Å²) in [5, 5.41) is 26.5. The SMILES string of the molecule is CC(C)(C)NC1CC1.CC(NC(C)(C)C)c1ccc(Cl)cc1.CC(NC(C)(C)C)c1ccc(Cl)cc1Cl.CC(NC(C)(C)C)c1ccc(F)cc1.CC(NC(C)(C)C)c1ccccc1.CC(NC(C)(C)C)c1ccncc1.Cc1ccc(C(C)NC(C)(C)C)cc1F. The molecule has 1 aliphatic rings. The highest BCUT2D eigenvalue weighted by Crippen LogP contribution is 2.28. The maximum atomic E-state index is 13.3. The van der Waals surface area contributed by atoms with Crippen molar-refractivity contribution in [2.45, 2.75) is 288 Å². The molecule has 1 aromatic heterocycles. The molecule has 0 amide bonds. The Morgan fingerprint density at radius 3 is 1.03 bits per heavy atom. The maximum Gasteiger partial charge on any atom is 0.126 e. The Kier molecular flexibility index (Phi) is 36.4. The largest absolute Gasteiger partial charge is 0.309 e. The van der Waals surface area contributed by atoms with Gasteiger partial charge in [-0.15, -0.1) is 0 Å². The molecular formula is C79H125Cl3F2N8. The Balaban J connectivity index is 0.000000540. The molecule has 1 saturated carbocycles. The van der Waals surface area contributed by atoms with Crippen LogP contribution in [-0.2, 0) is 0 Å². The molecule has 13 heteroatoms. The molecule has 8 nitrogen and oxygen atoms in total. The zero-order valence-electron chi connectivity index (χ0n) is 62.1. The van der Waals surface area contributed by atoms with Crippen LogP contribution in [0.5, 0.6) is 0 Å². The molecule has 0 aliphatic heterocycles. The van der Waals surface area contributed by atoms with Crippen LogP contribution in [0.3, 0.4) is 0 Å². The Hall–Kier alpha value is -4.30. The number of pyridine rings is 1. The first-order valence-electron chi connectivity index (χ1n) is 33.0. The van der Waals surface area contributed by atoms with Crippen molar-refractivity contribution < 1.29 is 8.78 Å². The van der Waals surface area contributed by atoms with E-state index in [0.29, 0.717) is 39.3 Å². The molecule has 516 valence electrons. The van der Waals surface area contributed by atoms with Crippen molar-refractivity contribution in [3.05, 3.63) is 205 Å². The van der Waals surface area contributed by atoms with Gasteiger partial charge in [-0.3, -0.25) is 4.98 Å². The van der Waals surface area contributed by atoms with E-state index in [2.05, 4.69) is 266 Å². The maximum absolute atomic E-state index is 13.3. The molecule has 6 unspecified atom stereocenters. The second-order valence-corrected chi connectivity index (χ2v) is 33.1. The minimum atomic E-state index is -0.184. The number of nitrogens with one attached hydrogen (secondary N) is 7. The third-order valence-electron chi connectivity index (χ3n) is 13.5. The summed E-state index contributed by atoms with van der Waals surface area (Å²) < 4.78 is 26.0. The Morgan fingerprint density at radius 1 is 0.370 bits per heavy atom. The summed E-state index contributed by atoms with van der Waals surface area (Å²) in [6.07, 6.45) is 6.43. The third-order valence-corrected chi connectivity index (χ3v) is 14.3. The molecule has 6 atom stereocenters. The zero-order valence-corrected chi connectivity index (χ0v) is 64.3. The first-order valence-corrected chi connectivity index (χ1v) is 34.2. The van der Waals surface area contributed by atoms with Crippen molar-refractivity contribution in [3.8, 4) is 0 Å². The third kappa shape index (κ3) is 42.9. The van der Waals surface area contributed by atoms with Crippen LogP contribution >= 0.6 is 34.8 Å². The monoisotopic (exact) mass is 1330 g/mol. The molecule has 1 heterocycles. The second-order valence-electron chi connectivity index (χ2n) is 31.8. The van der Waals surface area contributed by atoms with Gasteiger partial charge < -0.3 is 37.2 Å². The van der Waals surface area contributed by atoms with Crippen molar-refractivity contribution in [2.75, 3.05) is 0 Å². The van der Waals surface area contributed by atoms with Crippen molar-refractivity contribution >= 4 is 34.8 Å². The summed E-state index contributed by atoms with van der Waals surface area (Å²) in [4.78, 5) is 4.00. The van der Waals surface area contributed by atoms with E-state index in [1.165, 1.54) is 41.7 Å². The molecule has 6 aromatic rings. The number of nitrogens with zero attached hydrogens (tertiary/aromatic N) is 1. The van der Waals surface area contributed by atoms with Crippen LogP contribution in [0.1, 0.15) is 275 Å². The van der Waals surface area contributed by atoms with Crippen LogP contribution < -0.4 is 37.2 Å². The minimum absolute atomic E-state index is 0.0424. The van der Waals surface area contributed by atoms with Gasteiger partial charge in [0.05, 0.1) is 0 Å². The summed E-state index contributed by atoms with van der Waals surface area (Å²) in [7, 11) is 0. The Labute approximate surface area is 575 Å². The summed E-state index contributed by atoms with van der Waals surface area (Å²) in [5.74, 6) is -0.313. The highest BCUT2D eigenvalue weighted by molar-refractivity contribution is 6.35.